The summed E-state index contributed by atoms with van der Waals surface area (Å²) in [5.74, 6) is 1.32. The molecule has 2 rings (SSSR count). The van der Waals surface area contributed by atoms with Crippen LogP contribution in [0.1, 0.15) is 13.3 Å². The second-order valence-corrected chi connectivity index (χ2v) is 3.75. The Kier molecular flexibility index (Phi) is 2.05. The van der Waals surface area contributed by atoms with Crippen LogP contribution in [0.25, 0.3) is 0 Å². The first-order valence-electron chi connectivity index (χ1n) is 4.79. The van der Waals surface area contributed by atoms with E-state index in [4.69, 9.17) is 0 Å². The van der Waals surface area contributed by atoms with Crippen molar-refractivity contribution >= 4 is 5.84 Å². The summed E-state index contributed by atoms with van der Waals surface area (Å²) in [6.07, 6.45) is 1.23. The highest BCUT2D eigenvalue weighted by Crippen LogP contribution is 2.16. The normalized spacial score (nSPS) is 30.3. The second-order valence-electron chi connectivity index (χ2n) is 3.75. The molecule has 3 nitrogen and oxygen atoms in total. The number of nitrogens with zero attached hydrogens (tertiary/aromatic N) is 3. The minimum atomic E-state index is 0.702. The summed E-state index contributed by atoms with van der Waals surface area (Å²) in [4.78, 5) is 9.39. The summed E-state index contributed by atoms with van der Waals surface area (Å²) in [6, 6.07) is 0.702. The van der Waals surface area contributed by atoms with Crippen molar-refractivity contribution in [2.45, 2.75) is 19.4 Å². The van der Waals surface area contributed by atoms with E-state index in [-0.39, 0.29) is 0 Å². The molecule has 0 aromatic heterocycles. The molecule has 0 aliphatic carbocycles. The molecule has 0 radical (unpaired) electrons. The lowest BCUT2D eigenvalue weighted by atomic mass is 10.2. The summed E-state index contributed by atoms with van der Waals surface area (Å²) in [7, 11) is 2.17. The van der Waals surface area contributed by atoms with E-state index in [0.29, 0.717) is 6.04 Å². The molecule has 0 N–H and O–H groups in total. The van der Waals surface area contributed by atoms with Crippen molar-refractivity contribution in [2.75, 3.05) is 33.2 Å². The lowest BCUT2D eigenvalue weighted by Gasteiger charge is -2.35. The van der Waals surface area contributed by atoms with Crippen LogP contribution in [0.5, 0.6) is 0 Å². The summed E-state index contributed by atoms with van der Waals surface area (Å²) in [5.41, 5.74) is 0. The number of hydrogen-bond donors (Lipinski definition) is 0. The molecule has 68 valence electrons. The second kappa shape index (κ2) is 3.05. The molecule has 1 fully saturated rings. The molecule has 2 aliphatic heterocycles. The number of rotatable bonds is 1. The van der Waals surface area contributed by atoms with Gasteiger partial charge in [0.05, 0.1) is 13.1 Å². The molecule has 0 spiro atoms. The highest BCUT2D eigenvalue weighted by atomic mass is 15.3. The number of aliphatic imine (C=N–C) groups is 1. The number of likely N-dealkylation sites (N-methyl/N-ethyl adjacent to an activating group) is 1. The Labute approximate surface area is 74.1 Å². The topological polar surface area (TPSA) is 18.8 Å². The highest BCUT2D eigenvalue weighted by Gasteiger charge is 2.29. The van der Waals surface area contributed by atoms with E-state index in [1.807, 2.05) is 0 Å². The summed E-state index contributed by atoms with van der Waals surface area (Å²) >= 11 is 0. The minimum absolute atomic E-state index is 0.702. The van der Waals surface area contributed by atoms with Crippen LogP contribution in [-0.4, -0.2) is 54.9 Å². The first-order chi connectivity index (χ1) is 5.81. The van der Waals surface area contributed by atoms with Crippen LogP contribution < -0.4 is 0 Å². The van der Waals surface area contributed by atoms with E-state index in [9.17, 15) is 0 Å². The summed E-state index contributed by atoms with van der Waals surface area (Å²) in [5, 5.41) is 0. The molecular formula is C9H17N3. The Hall–Kier alpha value is -0.570. The molecule has 0 aromatic rings. The molecule has 2 heterocycles. The van der Waals surface area contributed by atoms with Crippen LogP contribution >= 0.6 is 0 Å². The fraction of sp³-hybridized carbons (Fsp3) is 0.889. The van der Waals surface area contributed by atoms with Crippen LogP contribution in [0.3, 0.4) is 0 Å². The highest BCUT2D eigenvalue weighted by molar-refractivity contribution is 5.86. The van der Waals surface area contributed by atoms with Gasteiger partial charge in [0.1, 0.15) is 5.84 Å². The van der Waals surface area contributed by atoms with Crippen LogP contribution in [0.2, 0.25) is 0 Å². The van der Waals surface area contributed by atoms with Crippen molar-refractivity contribution in [3.63, 3.8) is 0 Å². The predicted molar refractivity (Wildman–Crippen MR) is 50.6 cm³/mol. The van der Waals surface area contributed by atoms with Crippen molar-refractivity contribution < 1.29 is 0 Å². The van der Waals surface area contributed by atoms with Gasteiger partial charge in [0.15, 0.2) is 0 Å². The molecule has 0 bridgehead atoms. The van der Waals surface area contributed by atoms with Crippen LogP contribution in [-0.2, 0) is 0 Å². The van der Waals surface area contributed by atoms with Gasteiger partial charge >= 0.3 is 0 Å². The number of piperazine rings is 1. The molecule has 2 aliphatic rings. The lowest BCUT2D eigenvalue weighted by Crippen LogP contribution is -2.50. The molecule has 1 saturated heterocycles. The predicted octanol–water partition coefficient (Wildman–Crippen LogP) is 0.425. The molecule has 0 saturated carbocycles. The van der Waals surface area contributed by atoms with Gasteiger partial charge in [-0.15, -0.1) is 0 Å². The average molecular weight is 167 g/mol. The van der Waals surface area contributed by atoms with Crippen molar-refractivity contribution in [1.82, 2.24) is 9.80 Å². The van der Waals surface area contributed by atoms with Crippen LogP contribution in [0.15, 0.2) is 4.99 Å². The van der Waals surface area contributed by atoms with Crippen molar-refractivity contribution in [2.24, 2.45) is 4.99 Å². The molecular weight excluding hydrogens is 150 g/mol. The summed E-state index contributed by atoms with van der Waals surface area (Å²) in [6.45, 7) is 6.70. The van der Waals surface area contributed by atoms with Gasteiger partial charge in [-0.25, -0.2) is 0 Å². The zero-order valence-corrected chi connectivity index (χ0v) is 7.95. The SMILES string of the molecule is CCC1CN=C2CN(C)CCN21. The lowest BCUT2D eigenvalue weighted by molar-refractivity contribution is 0.237. The standard InChI is InChI=1S/C9H17N3/c1-3-8-6-10-9-7-11(2)4-5-12(8)9/h8H,3-7H2,1-2H3. The number of fused-ring (bicyclic) bond motifs is 1. The van der Waals surface area contributed by atoms with Crippen molar-refractivity contribution in [1.29, 1.82) is 0 Å². The first kappa shape index (κ1) is 8.05. The molecule has 12 heavy (non-hydrogen) atoms. The fourth-order valence-electron chi connectivity index (χ4n) is 2.01. The summed E-state index contributed by atoms with van der Waals surface area (Å²) < 4.78 is 0. The van der Waals surface area contributed by atoms with Gasteiger partial charge in [0, 0.05) is 19.1 Å². The van der Waals surface area contributed by atoms with Gasteiger partial charge in [-0.05, 0) is 13.5 Å². The third kappa shape index (κ3) is 1.22. The van der Waals surface area contributed by atoms with Gasteiger partial charge in [-0.2, -0.15) is 0 Å². The van der Waals surface area contributed by atoms with E-state index in [0.717, 1.165) is 13.1 Å². The van der Waals surface area contributed by atoms with E-state index < -0.39 is 0 Å². The number of amidine groups is 1. The maximum Gasteiger partial charge on any atom is 0.114 e. The molecule has 0 aromatic carbocycles. The largest absolute Gasteiger partial charge is 0.353 e. The average Bonchev–Trinajstić information content (AvgIpc) is 2.46. The van der Waals surface area contributed by atoms with E-state index in [1.165, 1.54) is 25.3 Å². The zero-order valence-electron chi connectivity index (χ0n) is 7.95. The molecule has 1 atom stereocenters. The van der Waals surface area contributed by atoms with Gasteiger partial charge in [-0.3, -0.25) is 9.89 Å². The van der Waals surface area contributed by atoms with Crippen molar-refractivity contribution in [3.8, 4) is 0 Å². The molecule has 0 amide bonds. The van der Waals surface area contributed by atoms with Crippen LogP contribution in [0, 0.1) is 0 Å². The Morgan fingerprint density at radius 1 is 1.50 bits per heavy atom. The third-order valence-electron chi connectivity index (χ3n) is 2.86. The minimum Gasteiger partial charge on any atom is -0.353 e. The van der Waals surface area contributed by atoms with E-state index in [2.05, 4.69) is 28.8 Å². The monoisotopic (exact) mass is 167 g/mol. The van der Waals surface area contributed by atoms with Gasteiger partial charge < -0.3 is 4.90 Å². The zero-order chi connectivity index (χ0) is 8.55. The molecule has 1 unspecified atom stereocenters. The first-order valence-corrected chi connectivity index (χ1v) is 4.79. The maximum atomic E-state index is 4.56. The van der Waals surface area contributed by atoms with E-state index >= 15 is 0 Å². The Balaban J connectivity index is 2.05. The molecule has 3 heteroatoms. The Morgan fingerprint density at radius 2 is 2.33 bits per heavy atom. The van der Waals surface area contributed by atoms with Crippen LogP contribution in [0.4, 0.5) is 0 Å². The Bertz CT molecular complexity index is 200. The van der Waals surface area contributed by atoms with E-state index in [1.54, 1.807) is 0 Å². The Morgan fingerprint density at radius 3 is 3.08 bits per heavy atom. The van der Waals surface area contributed by atoms with Gasteiger partial charge in [0.25, 0.3) is 0 Å². The van der Waals surface area contributed by atoms with Gasteiger partial charge in [-0.1, -0.05) is 6.92 Å². The van der Waals surface area contributed by atoms with Crippen molar-refractivity contribution in [3.05, 3.63) is 0 Å². The smallest absolute Gasteiger partial charge is 0.114 e. The number of hydrogen-bond acceptors (Lipinski definition) is 3. The maximum absolute atomic E-state index is 4.56. The quantitative estimate of drug-likeness (QED) is 0.564. The fourth-order valence-corrected chi connectivity index (χ4v) is 2.01. The van der Waals surface area contributed by atoms with Gasteiger partial charge in [0.2, 0.25) is 0 Å². The third-order valence-corrected chi connectivity index (χ3v) is 2.86.